The minimum Gasteiger partial charge on any atom is -0.457 e. The molecule has 0 bridgehead atoms. The van der Waals surface area contributed by atoms with Gasteiger partial charge < -0.3 is 10.5 Å². The Morgan fingerprint density at radius 2 is 1.81 bits per heavy atom. The van der Waals surface area contributed by atoms with Gasteiger partial charge in [-0.15, -0.1) is 0 Å². The highest BCUT2D eigenvalue weighted by Gasteiger charge is 2.31. The summed E-state index contributed by atoms with van der Waals surface area (Å²) in [5.41, 5.74) is 8.56. The van der Waals surface area contributed by atoms with E-state index in [1.807, 2.05) is 24.3 Å². The Hall–Kier alpha value is -3.28. The van der Waals surface area contributed by atoms with Crippen molar-refractivity contribution in [1.82, 2.24) is 9.97 Å². The average Bonchev–Trinajstić information content (AvgIpc) is 2.63. The number of rotatable bonds is 3. The normalized spacial score (nSPS) is 16.1. The summed E-state index contributed by atoms with van der Waals surface area (Å²) in [5.74, 6) is 0.969. The number of nitrogen functional groups attached to an aromatic ring is 1. The zero-order valence-electron chi connectivity index (χ0n) is 14.8. The number of ketones is 1. The van der Waals surface area contributed by atoms with Crippen LogP contribution in [0.3, 0.4) is 0 Å². The number of aromatic nitrogens is 2. The standard InChI is InChI=1S/C21H18FN3O2/c1-12-20-17(25-21(23)24-12)10-13(11-18(20)26)16-4-2-3-5-19(16)27-15-8-6-14(22)7-9-15/h2-9,13H,10-11H2,1H3,(H2,23,24,25). The predicted molar refractivity (Wildman–Crippen MR) is 99.5 cm³/mol. The molecule has 1 aliphatic rings. The maximum atomic E-state index is 13.1. The zero-order valence-corrected chi connectivity index (χ0v) is 14.8. The zero-order chi connectivity index (χ0) is 19.0. The first-order valence-electron chi connectivity index (χ1n) is 8.70. The van der Waals surface area contributed by atoms with E-state index in [-0.39, 0.29) is 23.5 Å². The van der Waals surface area contributed by atoms with E-state index in [9.17, 15) is 9.18 Å². The molecular formula is C21H18FN3O2. The van der Waals surface area contributed by atoms with Crippen LogP contribution in [0.5, 0.6) is 11.5 Å². The molecule has 1 heterocycles. The lowest BCUT2D eigenvalue weighted by molar-refractivity contribution is 0.0961. The minimum absolute atomic E-state index is 0.00957. The third-order valence-corrected chi connectivity index (χ3v) is 4.73. The van der Waals surface area contributed by atoms with Crippen molar-refractivity contribution in [2.45, 2.75) is 25.7 Å². The molecule has 3 aromatic rings. The van der Waals surface area contributed by atoms with E-state index in [1.54, 1.807) is 19.1 Å². The number of hydrogen-bond donors (Lipinski definition) is 1. The third-order valence-electron chi connectivity index (χ3n) is 4.73. The van der Waals surface area contributed by atoms with Crippen molar-refractivity contribution in [3.8, 4) is 11.5 Å². The number of anilines is 1. The highest BCUT2D eigenvalue weighted by molar-refractivity contribution is 5.99. The van der Waals surface area contributed by atoms with Crippen LogP contribution in [0.15, 0.2) is 48.5 Å². The van der Waals surface area contributed by atoms with Crippen molar-refractivity contribution in [3.05, 3.63) is 76.9 Å². The molecule has 0 radical (unpaired) electrons. The van der Waals surface area contributed by atoms with Gasteiger partial charge in [0, 0.05) is 12.3 Å². The quantitative estimate of drug-likeness (QED) is 0.754. The number of aryl methyl sites for hydroxylation is 1. The topological polar surface area (TPSA) is 78.1 Å². The molecule has 27 heavy (non-hydrogen) atoms. The van der Waals surface area contributed by atoms with Crippen LogP contribution in [-0.2, 0) is 6.42 Å². The van der Waals surface area contributed by atoms with Crippen LogP contribution >= 0.6 is 0 Å². The van der Waals surface area contributed by atoms with Crippen molar-refractivity contribution < 1.29 is 13.9 Å². The number of Topliss-reactive ketones (excluding diaryl/α,β-unsaturated/α-hetero) is 1. The van der Waals surface area contributed by atoms with Crippen molar-refractivity contribution in [2.24, 2.45) is 0 Å². The van der Waals surface area contributed by atoms with Crippen molar-refractivity contribution in [2.75, 3.05) is 5.73 Å². The Morgan fingerprint density at radius 3 is 2.59 bits per heavy atom. The molecule has 4 rings (SSSR count). The molecule has 2 N–H and O–H groups in total. The molecule has 136 valence electrons. The summed E-state index contributed by atoms with van der Waals surface area (Å²) in [6.07, 6.45) is 0.934. The van der Waals surface area contributed by atoms with Gasteiger partial charge in [0.05, 0.1) is 17.0 Å². The van der Waals surface area contributed by atoms with Crippen LogP contribution in [0.2, 0.25) is 0 Å². The Kier molecular flexibility index (Phi) is 4.32. The molecule has 0 saturated heterocycles. The van der Waals surface area contributed by atoms with Crippen molar-refractivity contribution in [1.29, 1.82) is 0 Å². The number of carbonyl (C=O) groups excluding carboxylic acids is 1. The summed E-state index contributed by atoms with van der Waals surface area (Å²) in [6, 6.07) is 13.4. The molecule has 0 amide bonds. The van der Waals surface area contributed by atoms with Crippen LogP contribution < -0.4 is 10.5 Å². The maximum Gasteiger partial charge on any atom is 0.220 e. The highest BCUT2D eigenvalue weighted by Crippen LogP contribution is 2.38. The van der Waals surface area contributed by atoms with Crippen molar-refractivity contribution in [3.63, 3.8) is 0 Å². The SMILES string of the molecule is Cc1nc(N)nc2c1C(=O)CC(c1ccccc1Oc1ccc(F)cc1)C2. The fourth-order valence-electron chi connectivity index (χ4n) is 3.56. The first kappa shape index (κ1) is 17.1. The molecule has 0 spiro atoms. The molecular weight excluding hydrogens is 345 g/mol. The monoisotopic (exact) mass is 363 g/mol. The van der Waals surface area contributed by atoms with E-state index in [0.717, 1.165) is 5.56 Å². The van der Waals surface area contributed by atoms with Crippen LogP contribution in [0, 0.1) is 12.7 Å². The largest absolute Gasteiger partial charge is 0.457 e. The van der Waals surface area contributed by atoms with E-state index < -0.39 is 0 Å². The maximum absolute atomic E-state index is 13.1. The summed E-state index contributed by atoms with van der Waals surface area (Å²) < 4.78 is 19.1. The van der Waals surface area contributed by atoms with E-state index in [4.69, 9.17) is 10.5 Å². The summed E-state index contributed by atoms with van der Waals surface area (Å²) in [7, 11) is 0. The van der Waals surface area contributed by atoms with E-state index >= 15 is 0 Å². The number of ether oxygens (including phenoxy) is 1. The molecule has 2 aromatic carbocycles. The number of fused-ring (bicyclic) bond motifs is 1. The molecule has 1 aromatic heterocycles. The van der Waals surface area contributed by atoms with Gasteiger partial charge in [0.15, 0.2) is 5.78 Å². The predicted octanol–water partition coefficient (Wildman–Crippen LogP) is 4.21. The second-order valence-electron chi connectivity index (χ2n) is 6.61. The number of para-hydroxylation sites is 1. The third kappa shape index (κ3) is 3.38. The molecule has 0 saturated carbocycles. The number of nitrogens with two attached hydrogens (primary N) is 1. The van der Waals surface area contributed by atoms with E-state index in [2.05, 4.69) is 9.97 Å². The van der Waals surface area contributed by atoms with Gasteiger partial charge in [-0.25, -0.2) is 14.4 Å². The van der Waals surface area contributed by atoms with Crippen LogP contribution in [0.1, 0.15) is 39.6 Å². The number of carbonyl (C=O) groups is 1. The Balaban J connectivity index is 1.68. The van der Waals surface area contributed by atoms with E-state index in [1.165, 1.54) is 12.1 Å². The lowest BCUT2D eigenvalue weighted by atomic mass is 9.81. The minimum atomic E-state index is -0.322. The average molecular weight is 363 g/mol. The van der Waals surface area contributed by atoms with E-state index in [0.29, 0.717) is 41.3 Å². The summed E-state index contributed by atoms with van der Waals surface area (Å²) in [4.78, 5) is 21.1. The van der Waals surface area contributed by atoms with Crippen LogP contribution in [-0.4, -0.2) is 15.8 Å². The Labute approximate surface area is 156 Å². The Bertz CT molecular complexity index is 1020. The van der Waals surface area contributed by atoms with Gasteiger partial charge in [-0.05, 0) is 49.2 Å². The van der Waals surface area contributed by atoms with Gasteiger partial charge in [-0.1, -0.05) is 18.2 Å². The first-order chi connectivity index (χ1) is 13.0. The summed E-state index contributed by atoms with van der Waals surface area (Å²) in [6.45, 7) is 1.78. The molecule has 1 atom stereocenters. The number of benzene rings is 2. The lowest BCUT2D eigenvalue weighted by Gasteiger charge is -2.25. The number of halogens is 1. The molecule has 1 unspecified atom stereocenters. The molecule has 0 fully saturated rings. The fourth-order valence-corrected chi connectivity index (χ4v) is 3.56. The summed E-state index contributed by atoms with van der Waals surface area (Å²) in [5, 5.41) is 0. The Morgan fingerprint density at radius 1 is 1.07 bits per heavy atom. The molecule has 6 heteroatoms. The lowest BCUT2D eigenvalue weighted by Crippen LogP contribution is -2.23. The van der Waals surface area contributed by atoms with Gasteiger partial charge in [-0.2, -0.15) is 0 Å². The van der Waals surface area contributed by atoms with Gasteiger partial charge >= 0.3 is 0 Å². The second-order valence-corrected chi connectivity index (χ2v) is 6.61. The second kappa shape index (κ2) is 6.79. The molecule has 1 aliphatic carbocycles. The van der Waals surface area contributed by atoms with Gasteiger partial charge in [0.1, 0.15) is 17.3 Å². The highest BCUT2D eigenvalue weighted by atomic mass is 19.1. The van der Waals surface area contributed by atoms with Crippen LogP contribution in [0.4, 0.5) is 10.3 Å². The van der Waals surface area contributed by atoms with Crippen LogP contribution in [0.25, 0.3) is 0 Å². The van der Waals surface area contributed by atoms with Gasteiger partial charge in [-0.3, -0.25) is 4.79 Å². The van der Waals surface area contributed by atoms with Gasteiger partial charge in [0.25, 0.3) is 0 Å². The smallest absolute Gasteiger partial charge is 0.220 e. The number of nitrogens with zero attached hydrogens (tertiary/aromatic N) is 2. The fraction of sp³-hybridized carbons (Fsp3) is 0.190. The first-order valence-corrected chi connectivity index (χ1v) is 8.70. The number of hydrogen-bond acceptors (Lipinski definition) is 5. The summed E-state index contributed by atoms with van der Waals surface area (Å²) >= 11 is 0. The van der Waals surface area contributed by atoms with Crippen molar-refractivity contribution >= 4 is 11.7 Å². The molecule has 0 aliphatic heterocycles. The molecule has 5 nitrogen and oxygen atoms in total. The van der Waals surface area contributed by atoms with Gasteiger partial charge in [0.2, 0.25) is 5.95 Å².